The highest BCUT2D eigenvalue weighted by Gasteiger charge is 2.44. The third-order valence-corrected chi connectivity index (χ3v) is 3.49. The zero-order chi connectivity index (χ0) is 14.0. The minimum absolute atomic E-state index is 0.178. The van der Waals surface area contributed by atoms with Crippen LogP contribution in [0.5, 0.6) is 0 Å². The topological polar surface area (TPSA) is 60.2 Å². The summed E-state index contributed by atoms with van der Waals surface area (Å²) < 4.78 is 0. The van der Waals surface area contributed by atoms with Crippen molar-refractivity contribution in [2.24, 2.45) is 0 Å². The van der Waals surface area contributed by atoms with Crippen LogP contribution < -0.4 is 0 Å². The lowest BCUT2D eigenvalue weighted by Crippen LogP contribution is -2.42. The summed E-state index contributed by atoms with van der Waals surface area (Å²) in [6.45, 7) is 4.88. The zero-order valence-electron chi connectivity index (χ0n) is 10.8. The molecule has 0 saturated heterocycles. The van der Waals surface area contributed by atoms with E-state index in [0.717, 1.165) is 11.1 Å². The van der Waals surface area contributed by atoms with Gasteiger partial charge in [0.05, 0.1) is 0 Å². The molecule has 2 rings (SSSR count). The standard InChI is InChI=1S/C15H15NO3/c1-3-6-12-9-11-7-4-5-8-13(11)15(2,14(12)17)10-16(18)19/h3-5,7-9H,1,6,10H2,2H3. The molecule has 0 bridgehead atoms. The molecule has 0 fully saturated rings. The summed E-state index contributed by atoms with van der Waals surface area (Å²) in [6, 6.07) is 7.33. The fourth-order valence-corrected chi connectivity index (χ4v) is 2.58. The molecule has 1 aliphatic rings. The smallest absolute Gasteiger partial charge is 0.220 e. The van der Waals surface area contributed by atoms with Gasteiger partial charge in [-0.2, -0.15) is 0 Å². The molecule has 4 nitrogen and oxygen atoms in total. The molecule has 0 saturated carbocycles. The molecule has 0 aromatic heterocycles. The summed E-state index contributed by atoms with van der Waals surface area (Å²) in [5.74, 6) is -0.178. The van der Waals surface area contributed by atoms with E-state index >= 15 is 0 Å². The lowest BCUT2D eigenvalue weighted by atomic mass is 9.70. The third-order valence-electron chi connectivity index (χ3n) is 3.49. The number of hydrogen-bond donors (Lipinski definition) is 0. The largest absolute Gasteiger partial charge is 0.293 e. The first-order valence-electron chi connectivity index (χ1n) is 6.06. The van der Waals surface area contributed by atoms with Gasteiger partial charge in [-0.25, -0.2) is 0 Å². The zero-order valence-corrected chi connectivity index (χ0v) is 10.8. The van der Waals surface area contributed by atoms with Crippen molar-refractivity contribution in [3.63, 3.8) is 0 Å². The van der Waals surface area contributed by atoms with Crippen LogP contribution in [-0.4, -0.2) is 17.3 Å². The fraction of sp³-hybridized carbons (Fsp3) is 0.267. The van der Waals surface area contributed by atoms with Gasteiger partial charge in [0.15, 0.2) is 5.78 Å². The molecule has 1 unspecified atom stereocenters. The number of allylic oxidation sites excluding steroid dienone is 2. The highest BCUT2D eigenvalue weighted by Crippen LogP contribution is 2.37. The summed E-state index contributed by atoms with van der Waals surface area (Å²) in [4.78, 5) is 23.0. The lowest BCUT2D eigenvalue weighted by Gasteiger charge is -2.30. The highest BCUT2D eigenvalue weighted by atomic mass is 16.6. The van der Waals surface area contributed by atoms with Crippen molar-refractivity contribution in [1.29, 1.82) is 0 Å². The number of carbonyl (C=O) groups excluding carboxylic acids is 1. The van der Waals surface area contributed by atoms with E-state index in [1.54, 1.807) is 31.2 Å². The normalized spacial score (nSPS) is 21.5. The molecule has 1 aromatic carbocycles. The second-order valence-corrected chi connectivity index (χ2v) is 4.90. The Morgan fingerprint density at radius 1 is 1.42 bits per heavy atom. The predicted octanol–water partition coefficient (Wildman–Crippen LogP) is 2.76. The molecule has 1 aliphatic carbocycles. The molecule has 1 aromatic rings. The van der Waals surface area contributed by atoms with Crippen LogP contribution >= 0.6 is 0 Å². The number of carbonyl (C=O) groups is 1. The molecule has 0 N–H and O–H groups in total. The van der Waals surface area contributed by atoms with E-state index in [9.17, 15) is 14.9 Å². The minimum atomic E-state index is -1.09. The fourth-order valence-electron chi connectivity index (χ4n) is 2.58. The van der Waals surface area contributed by atoms with Gasteiger partial charge in [-0.1, -0.05) is 30.3 Å². The van der Waals surface area contributed by atoms with E-state index in [1.165, 1.54) is 0 Å². The number of fused-ring (bicyclic) bond motifs is 1. The average molecular weight is 257 g/mol. The van der Waals surface area contributed by atoms with Gasteiger partial charge in [0.2, 0.25) is 6.54 Å². The van der Waals surface area contributed by atoms with Gasteiger partial charge in [-0.05, 0) is 30.5 Å². The van der Waals surface area contributed by atoms with Crippen LogP contribution in [0, 0.1) is 10.1 Å². The summed E-state index contributed by atoms with van der Waals surface area (Å²) in [5, 5.41) is 10.9. The van der Waals surface area contributed by atoms with Gasteiger partial charge >= 0.3 is 0 Å². The van der Waals surface area contributed by atoms with E-state index in [0.29, 0.717) is 12.0 Å². The Morgan fingerprint density at radius 2 is 2.11 bits per heavy atom. The van der Waals surface area contributed by atoms with Gasteiger partial charge in [-0.3, -0.25) is 14.9 Å². The number of rotatable bonds is 4. The van der Waals surface area contributed by atoms with Crippen molar-refractivity contribution in [3.8, 4) is 0 Å². The van der Waals surface area contributed by atoms with Gasteiger partial charge in [0.25, 0.3) is 0 Å². The molecule has 4 heteroatoms. The first kappa shape index (κ1) is 13.2. The van der Waals surface area contributed by atoms with E-state index in [2.05, 4.69) is 6.58 Å². The van der Waals surface area contributed by atoms with Crippen LogP contribution in [0.3, 0.4) is 0 Å². The molecule has 19 heavy (non-hydrogen) atoms. The van der Waals surface area contributed by atoms with Crippen LogP contribution in [0.2, 0.25) is 0 Å². The maximum atomic E-state index is 12.5. The first-order valence-corrected chi connectivity index (χ1v) is 6.06. The molecule has 0 heterocycles. The number of benzene rings is 1. The van der Waals surface area contributed by atoms with E-state index in [-0.39, 0.29) is 5.78 Å². The Bertz CT molecular complexity index is 589. The Hall–Kier alpha value is -2.23. The Labute approximate surface area is 111 Å². The number of ketones is 1. The molecular weight excluding hydrogens is 242 g/mol. The summed E-state index contributed by atoms with van der Waals surface area (Å²) >= 11 is 0. The highest BCUT2D eigenvalue weighted by molar-refractivity contribution is 6.09. The SMILES string of the molecule is C=CCC1=Cc2ccccc2C(C)(C[N+](=O)[O-])C1=O. The quantitative estimate of drug-likeness (QED) is 0.473. The van der Waals surface area contributed by atoms with Crippen molar-refractivity contribution >= 4 is 11.9 Å². The van der Waals surface area contributed by atoms with E-state index < -0.39 is 16.9 Å². The van der Waals surface area contributed by atoms with Crippen molar-refractivity contribution < 1.29 is 9.72 Å². The lowest BCUT2D eigenvalue weighted by molar-refractivity contribution is -0.487. The van der Waals surface area contributed by atoms with Gasteiger partial charge in [0, 0.05) is 10.5 Å². The molecular formula is C15H15NO3. The molecule has 1 atom stereocenters. The maximum Gasteiger partial charge on any atom is 0.220 e. The molecule has 0 amide bonds. The Kier molecular flexibility index (Phi) is 3.34. The van der Waals surface area contributed by atoms with Gasteiger partial charge in [-0.15, -0.1) is 6.58 Å². The van der Waals surface area contributed by atoms with Crippen molar-refractivity contribution in [1.82, 2.24) is 0 Å². The van der Waals surface area contributed by atoms with Crippen LogP contribution in [0.25, 0.3) is 6.08 Å². The molecule has 98 valence electrons. The van der Waals surface area contributed by atoms with Crippen LogP contribution in [-0.2, 0) is 10.2 Å². The van der Waals surface area contributed by atoms with E-state index in [4.69, 9.17) is 0 Å². The molecule has 0 radical (unpaired) electrons. The molecule has 0 spiro atoms. The summed E-state index contributed by atoms with van der Waals surface area (Å²) in [6.07, 6.45) is 3.88. The third kappa shape index (κ3) is 2.21. The van der Waals surface area contributed by atoms with Gasteiger partial charge < -0.3 is 0 Å². The second kappa shape index (κ2) is 4.80. The summed E-state index contributed by atoms with van der Waals surface area (Å²) in [5.41, 5.74) is 1.10. The second-order valence-electron chi connectivity index (χ2n) is 4.90. The van der Waals surface area contributed by atoms with Crippen LogP contribution in [0.4, 0.5) is 0 Å². The van der Waals surface area contributed by atoms with Crippen molar-refractivity contribution in [3.05, 3.63) is 63.7 Å². The number of nitrogens with zero attached hydrogens (tertiary/aromatic N) is 1. The number of nitro groups is 1. The number of Topliss-reactive ketones (excluding diaryl/α,β-unsaturated/α-hetero) is 1. The van der Waals surface area contributed by atoms with Crippen molar-refractivity contribution in [2.75, 3.05) is 6.54 Å². The molecule has 0 aliphatic heterocycles. The Morgan fingerprint density at radius 3 is 2.74 bits per heavy atom. The minimum Gasteiger partial charge on any atom is -0.293 e. The monoisotopic (exact) mass is 257 g/mol. The van der Waals surface area contributed by atoms with E-state index in [1.807, 2.05) is 12.1 Å². The first-order chi connectivity index (χ1) is 8.99. The van der Waals surface area contributed by atoms with Crippen LogP contribution in [0.15, 0.2) is 42.5 Å². The van der Waals surface area contributed by atoms with Gasteiger partial charge in [0.1, 0.15) is 5.41 Å². The van der Waals surface area contributed by atoms with Crippen LogP contribution in [0.1, 0.15) is 24.5 Å². The van der Waals surface area contributed by atoms with Crippen molar-refractivity contribution in [2.45, 2.75) is 18.8 Å². The Balaban J connectivity index is 2.60. The predicted molar refractivity (Wildman–Crippen MR) is 73.5 cm³/mol. The average Bonchev–Trinajstić information content (AvgIpc) is 2.35. The maximum absolute atomic E-state index is 12.5. The summed E-state index contributed by atoms with van der Waals surface area (Å²) in [7, 11) is 0. The number of hydrogen-bond acceptors (Lipinski definition) is 3.